The third kappa shape index (κ3) is 4.79. The van der Waals surface area contributed by atoms with E-state index in [9.17, 15) is 4.39 Å². The highest BCUT2D eigenvalue weighted by molar-refractivity contribution is 6.32. The van der Waals surface area contributed by atoms with Gasteiger partial charge in [-0.15, -0.1) is 0 Å². The van der Waals surface area contributed by atoms with Crippen LogP contribution >= 0.6 is 23.2 Å². The van der Waals surface area contributed by atoms with Crippen LogP contribution < -0.4 is 14.8 Å². The van der Waals surface area contributed by atoms with Crippen LogP contribution in [0.5, 0.6) is 11.5 Å². The summed E-state index contributed by atoms with van der Waals surface area (Å²) in [6.07, 6.45) is 7.94. The Hall–Kier alpha value is -1.49. The molecule has 4 fully saturated rings. The molecule has 4 aliphatic carbocycles. The van der Waals surface area contributed by atoms with Gasteiger partial charge in [0.1, 0.15) is 12.4 Å². The first-order valence-electron chi connectivity index (χ1n) is 12.4. The zero-order valence-electron chi connectivity index (χ0n) is 20.3. The van der Waals surface area contributed by atoms with E-state index in [1.54, 1.807) is 6.07 Å². The average molecular weight is 506 g/mol. The molecule has 6 rings (SSSR count). The van der Waals surface area contributed by atoms with Crippen molar-refractivity contribution in [3.05, 3.63) is 57.3 Å². The van der Waals surface area contributed by atoms with Gasteiger partial charge in [0, 0.05) is 17.6 Å². The maximum absolute atomic E-state index is 13.4. The summed E-state index contributed by atoms with van der Waals surface area (Å²) in [5.74, 6) is 1.58. The molecule has 2 unspecified atom stereocenters. The van der Waals surface area contributed by atoms with Gasteiger partial charge in [-0.25, -0.2) is 4.39 Å². The van der Waals surface area contributed by atoms with Gasteiger partial charge in [0.25, 0.3) is 0 Å². The van der Waals surface area contributed by atoms with E-state index in [1.165, 1.54) is 50.7 Å². The van der Waals surface area contributed by atoms with Crippen molar-refractivity contribution in [1.82, 2.24) is 5.32 Å². The molecule has 0 heterocycles. The average Bonchev–Trinajstić information content (AvgIpc) is 2.70. The Kier molecular flexibility index (Phi) is 6.32. The van der Waals surface area contributed by atoms with Gasteiger partial charge in [-0.1, -0.05) is 43.1 Å². The molecule has 0 spiro atoms. The summed E-state index contributed by atoms with van der Waals surface area (Å²) in [5, 5.41) is 4.80. The molecule has 1 N–H and O–H groups in total. The van der Waals surface area contributed by atoms with Crippen LogP contribution in [0.1, 0.15) is 70.4 Å². The Bertz CT molecular complexity index is 1070. The standard InChI is InChI=1S/C28H34Cl2FNO2/c1-4-33-24-8-18(7-23(30)25(24)34-14-20-5-6-21(31)9-22(20)29)13-32-28-12-19-10-26(2,16-28)15-27(3,11-19)17-28/h5-9,19,32H,4,10-17H2,1-3H3/t19?,26-,27+,28?. The number of hydrogen-bond donors (Lipinski definition) is 1. The molecule has 4 aliphatic rings. The van der Waals surface area contributed by atoms with Crippen molar-refractivity contribution in [1.29, 1.82) is 0 Å². The number of rotatable bonds is 8. The summed E-state index contributed by atoms with van der Waals surface area (Å²) < 4.78 is 25.3. The first-order chi connectivity index (χ1) is 16.1. The molecular weight excluding hydrogens is 472 g/mol. The Balaban J connectivity index is 1.32. The first kappa shape index (κ1) is 24.2. The predicted molar refractivity (Wildman–Crippen MR) is 135 cm³/mol. The van der Waals surface area contributed by atoms with E-state index >= 15 is 0 Å². The molecule has 4 saturated carbocycles. The Morgan fingerprint density at radius 2 is 1.71 bits per heavy atom. The zero-order valence-corrected chi connectivity index (χ0v) is 21.8. The van der Waals surface area contributed by atoms with Crippen LogP contribution in [0, 0.1) is 22.6 Å². The molecule has 0 aromatic heterocycles. The zero-order chi connectivity index (χ0) is 24.1. The lowest BCUT2D eigenvalue weighted by molar-refractivity contribution is -0.118. The fourth-order valence-electron chi connectivity index (χ4n) is 7.85. The van der Waals surface area contributed by atoms with Gasteiger partial charge >= 0.3 is 0 Å². The molecule has 3 nitrogen and oxygen atoms in total. The highest BCUT2D eigenvalue weighted by Gasteiger charge is 2.59. The number of halogens is 3. The van der Waals surface area contributed by atoms with Gasteiger partial charge in [-0.05, 0) is 92.0 Å². The summed E-state index contributed by atoms with van der Waals surface area (Å²) >= 11 is 12.8. The molecular formula is C28H34Cl2FNO2. The van der Waals surface area contributed by atoms with Crippen LogP contribution in [0.2, 0.25) is 10.0 Å². The first-order valence-corrected chi connectivity index (χ1v) is 13.1. The van der Waals surface area contributed by atoms with Crippen LogP contribution in [-0.4, -0.2) is 12.1 Å². The van der Waals surface area contributed by atoms with Crippen molar-refractivity contribution in [2.45, 2.75) is 78.0 Å². The van der Waals surface area contributed by atoms with E-state index in [0.717, 1.165) is 18.0 Å². The van der Waals surface area contributed by atoms with E-state index in [0.29, 0.717) is 44.5 Å². The molecule has 0 radical (unpaired) electrons. The third-order valence-electron chi connectivity index (χ3n) is 8.05. The lowest BCUT2D eigenvalue weighted by Crippen LogP contribution is -2.63. The van der Waals surface area contributed by atoms with Crippen LogP contribution in [0.4, 0.5) is 4.39 Å². The molecule has 4 atom stereocenters. The molecule has 34 heavy (non-hydrogen) atoms. The third-order valence-corrected chi connectivity index (χ3v) is 8.68. The Morgan fingerprint density at radius 1 is 0.971 bits per heavy atom. The van der Waals surface area contributed by atoms with E-state index in [1.807, 2.05) is 19.1 Å². The van der Waals surface area contributed by atoms with Gasteiger partial charge in [-0.2, -0.15) is 0 Å². The highest BCUT2D eigenvalue weighted by Crippen LogP contribution is 2.66. The maximum Gasteiger partial charge on any atom is 0.180 e. The minimum absolute atomic E-state index is 0.179. The lowest BCUT2D eigenvalue weighted by Gasteiger charge is -2.65. The fourth-order valence-corrected chi connectivity index (χ4v) is 8.36. The molecule has 0 amide bonds. The molecule has 2 aromatic rings. The van der Waals surface area contributed by atoms with E-state index in [2.05, 4.69) is 19.2 Å². The molecule has 6 heteroatoms. The minimum Gasteiger partial charge on any atom is -0.490 e. The van der Waals surface area contributed by atoms with Crippen molar-refractivity contribution >= 4 is 23.2 Å². The Morgan fingerprint density at radius 3 is 2.35 bits per heavy atom. The number of hydrogen-bond acceptors (Lipinski definition) is 3. The van der Waals surface area contributed by atoms with Gasteiger partial charge in [0.15, 0.2) is 11.5 Å². The molecule has 4 bridgehead atoms. The van der Waals surface area contributed by atoms with E-state index in [-0.39, 0.29) is 18.0 Å². The van der Waals surface area contributed by atoms with Crippen molar-refractivity contribution in [3.63, 3.8) is 0 Å². The summed E-state index contributed by atoms with van der Waals surface area (Å²) in [6, 6.07) is 8.26. The van der Waals surface area contributed by atoms with Crippen LogP contribution in [-0.2, 0) is 13.2 Å². The second-order valence-corrected chi connectivity index (χ2v) is 12.4. The van der Waals surface area contributed by atoms with Crippen LogP contribution in [0.15, 0.2) is 30.3 Å². The highest BCUT2D eigenvalue weighted by atomic mass is 35.5. The van der Waals surface area contributed by atoms with Gasteiger partial charge in [-0.3, -0.25) is 0 Å². The van der Waals surface area contributed by atoms with Gasteiger partial charge in [0.05, 0.1) is 16.7 Å². The molecule has 2 aromatic carbocycles. The minimum atomic E-state index is -0.374. The van der Waals surface area contributed by atoms with Crippen molar-refractivity contribution in [2.24, 2.45) is 16.7 Å². The van der Waals surface area contributed by atoms with E-state index in [4.69, 9.17) is 32.7 Å². The predicted octanol–water partition coefficient (Wildman–Crippen LogP) is 7.95. The van der Waals surface area contributed by atoms with Crippen molar-refractivity contribution < 1.29 is 13.9 Å². The molecule has 0 aliphatic heterocycles. The van der Waals surface area contributed by atoms with Gasteiger partial charge < -0.3 is 14.8 Å². The summed E-state index contributed by atoms with van der Waals surface area (Å²) in [6.45, 7) is 8.37. The number of nitrogens with one attached hydrogen (secondary N) is 1. The summed E-state index contributed by atoms with van der Waals surface area (Å²) in [4.78, 5) is 0. The molecule has 184 valence electrons. The van der Waals surface area contributed by atoms with Crippen LogP contribution in [0.25, 0.3) is 0 Å². The van der Waals surface area contributed by atoms with Crippen LogP contribution in [0.3, 0.4) is 0 Å². The normalized spacial score (nSPS) is 31.6. The SMILES string of the molecule is CCOc1cc(CNC23CC4C[C@@](C)(C2)C[C@](C)(C4)C3)cc(Cl)c1OCc1ccc(F)cc1Cl. The second-order valence-electron chi connectivity index (χ2n) is 11.6. The Labute approximate surface area is 212 Å². The lowest BCUT2D eigenvalue weighted by atomic mass is 9.43. The largest absolute Gasteiger partial charge is 0.490 e. The van der Waals surface area contributed by atoms with E-state index < -0.39 is 0 Å². The summed E-state index contributed by atoms with van der Waals surface area (Å²) in [7, 11) is 0. The number of benzene rings is 2. The molecule has 0 saturated heterocycles. The van der Waals surface area contributed by atoms with Gasteiger partial charge in [0.2, 0.25) is 0 Å². The van der Waals surface area contributed by atoms with Crippen molar-refractivity contribution in [2.75, 3.05) is 6.61 Å². The number of ether oxygens (including phenoxy) is 2. The smallest absolute Gasteiger partial charge is 0.180 e. The quantitative estimate of drug-likeness (QED) is 0.394. The topological polar surface area (TPSA) is 30.5 Å². The maximum atomic E-state index is 13.4. The van der Waals surface area contributed by atoms with Crippen molar-refractivity contribution in [3.8, 4) is 11.5 Å². The monoisotopic (exact) mass is 505 g/mol. The second kappa shape index (κ2) is 8.87. The fraction of sp³-hybridized carbons (Fsp3) is 0.571. The summed E-state index contributed by atoms with van der Waals surface area (Å²) in [5.41, 5.74) is 2.93.